The summed E-state index contributed by atoms with van der Waals surface area (Å²) in [7, 11) is -3.61. The molecule has 104 valence electrons. The molecule has 1 rings (SSSR count). The molecule has 0 aromatic heterocycles. The monoisotopic (exact) mass is 281 g/mol. The van der Waals surface area contributed by atoms with Crippen molar-refractivity contribution in [3.8, 4) is 0 Å². The molecule has 0 aliphatic rings. The molecule has 0 unspecified atom stereocenters. The Kier molecular flexibility index (Phi) is 5.47. The molecule has 0 saturated carbocycles. The van der Waals surface area contributed by atoms with Crippen molar-refractivity contribution in [3.05, 3.63) is 54.6 Å². The van der Waals surface area contributed by atoms with Crippen LogP contribution >= 0.6 is 0 Å². The van der Waals surface area contributed by atoms with E-state index < -0.39 is 10.0 Å². The molecule has 1 N–H and O–H groups in total. The summed E-state index contributed by atoms with van der Waals surface area (Å²) in [6.07, 6.45) is 3.07. The van der Waals surface area contributed by atoms with Gasteiger partial charge in [0.25, 0.3) is 0 Å². The maximum Gasteiger partial charge on any atom is 0.243 e. The summed E-state index contributed by atoms with van der Waals surface area (Å²) in [5.74, 6) is 0. The lowest BCUT2D eigenvalue weighted by molar-refractivity contribution is 0.280. The third-order valence-electron chi connectivity index (χ3n) is 2.85. The first kappa shape index (κ1) is 15.6. The smallest absolute Gasteiger partial charge is 0.243 e. The summed E-state index contributed by atoms with van der Waals surface area (Å²) in [6.45, 7) is 9.08. The molecule has 0 fully saturated rings. The number of hydrogen-bond acceptors (Lipinski definition) is 3. The Bertz CT molecular complexity index is 554. The van der Waals surface area contributed by atoms with E-state index in [1.54, 1.807) is 25.1 Å². The van der Waals surface area contributed by atoms with Crippen molar-refractivity contribution in [1.82, 2.24) is 4.31 Å². The molecule has 0 aliphatic heterocycles. The van der Waals surface area contributed by atoms with Gasteiger partial charge in [0, 0.05) is 13.1 Å². The minimum atomic E-state index is -3.61. The van der Waals surface area contributed by atoms with Gasteiger partial charge in [0.05, 0.1) is 11.5 Å². The fraction of sp³-hybridized carbons (Fsp3) is 0.286. The van der Waals surface area contributed by atoms with Gasteiger partial charge in [-0.3, -0.25) is 0 Å². The van der Waals surface area contributed by atoms with Gasteiger partial charge < -0.3 is 5.11 Å². The molecule has 0 saturated heterocycles. The number of aliphatic hydroxyl groups is 1. The van der Waals surface area contributed by atoms with Gasteiger partial charge in [-0.05, 0) is 24.1 Å². The molecule has 0 radical (unpaired) electrons. The lowest BCUT2D eigenvalue weighted by Gasteiger charge is -2.21. The zero-order chi connectivity index (χ0) is 14.5. The number of sulfonamides is 1. The molecule has 1 aromatic rings. The average Bonchev–Trinajstić information content (AvgIpc) is 2.38. The number of hydrogen-bond donors (Lipinski definition) is 1. The van der Waals surface area contributed by atoms with Gasteiger partial charge in [-0.25, -0.2) is 8.42 Å². The summed E-state index contributed by atoms with van der Waals surface area (Å²) in [5, 5.41) is 9.21. The molecular formula is C14H19NO3S. The van der Waals surface area contributed by atoms with E-state index in [-0.39, 0.29) is 24.6 Å². The Labute approximate surface area is 114 Å². The molecule has 0 spiro atoms. The van der Waals surface area contributed by atoms with E-state index in [0.29, 0.717) is 11.1 Å². The minimum absolute atomic E-state index is 0.182. The Morgan fingerprint density at radius 3 is 2.32 bits per heavy atom. The van der Waals surface area contributed by atoms with E-state index in [9.17, 15) is 13.5 Å². The van der Waals surface area contributed by atoms with Crippen LogP contribution in [0.1, 0.15) is 11.1 Å². The maximum absolute atomic E-state index is 12.5. The fourth-order valence-corrected chi connectivity index (χ4v) is 3.46. The Balaban J connectivity index is 3.32. The predicted octanol–water partition coefficient (Wildman–Crippen LogP) is 1.85. The van der Waals surface area contributed by atoms with E-state index in [4.69, 9.17) is 0 Å². The SMILES string of the molecule is C=CCN(CC=C)S(=O)(=O)c1cccc(CO)c1C. The van der Waals surface area contributed by atoms with Crippen LogP contribution < -0.4 is 0 Å². The van der Waals surface area contributed by atoms with Crippen LogP contribution in [0.5, 0.6) is 0 Å². The third kappa shape index (κ3) is 3.32. The van der Waals surface area contributed by atoms with E-state index in [1.807, 2.05) is 0 Å². The summed E-state index contributed by atoms with van der Waals surface area (Å²) in [6, 6.07) is 4.88. The second-order valence-electron chi connectivity index (χ2n) is 4.10. The summed E-state index contributed by atoms with van der Waals surface area (Å²) in [5.41, 5.74) is 1.18. The van der Waals surface area contributed by atoms with Crippen molar-refractivity contribution >= 4 is 10.0 Å². The molecular weight excluding hydrogens is 262 g/mol. The first-order chi connectivity index (χ1) is 8.98. The second-order valence-corrected chi connectivity index (χ2v) is 6.00. The van der Waals surface area contributed by atoms with Crippen LogP contribution in [0.4, 0.5) is 0 Å². The van der Waals surface area contributed by atoms with Crippen LogP contribution in [0.3, 0.4) is 0 Å². The third-order valence-corrected chi connectivity index (χ3v) is 4.83. The molecule has 1 aromatic carbocycles. The zero-order valence-corrected chi connectivity index (χ0v) is 11.9. The molecule has 0 heterocycles. The van der Waals surface area contributed by atoms with E-state index in [2.05, 4.69) is 13.2 Å². The molecule has 19 heavy (non-hydrogen) atoms. The van der Waals surface area contributed by atoms with Gasteiger partial charge in [-0.2, -0.15) is 4.31 Å². The molecule has 0 amide bonds. The minimum Gasteiger partial charge on any atom is -0.392 e. The average molecular weight is 281 g/mol. The highest BCUT2D eigenvalue weighted by atomic mass is 32.2. The Hall–Kier alpha value is -1.43. The molecule has 5 heteroatoms. The van der Waals surface area contributed by atoms with Gasteiger partial charge in [0.2, 0.25) is 10.0 Å². The maximum atomic E-state index is 12.5. The van der Waals surface area contributed by atoms with E-state index in [1.165, 1.54) is 16.5 Å². The number of rotatable bonds is 7. The number of aliphatic hydroxyl groups excluding tert-OH is 1. The highest BCUT2D eigenvalue weighted by Crippen LogP contribution is 2.22. The van der Waals surface area contributed by atoms with Crippen molar-refractivity contribution in [2.45, 2.75) is 18.4 Å². The van der Waals surface area contributed by atoms with Gasteiger partial charge in [0.1, 0.15) is 0 Å². The predicted molar refractivity (Wildman–Crippen MR) is 76.3 cm³/mol. The van der Waals surface area contributed by atoms with Gasteiger partial charge in [0.15, 0.2) is 0 Å². The first-order valence-corrected chi connectivity index (χ1v) is 7.34. The summed E-state index contributed by atoms with van der Waals surface area (Å²) in [4.78, 5) is 0.211. The zero-order valence-electron chi connectivity index (χ0n) is 11.0. The van der Waals surface area contributed by atoms with E-state index >= 15 is 0 Å². The molecule has 0 aliphatic carbocycles. The number of nitrogens with zero attached hydrogens (tertiary/aromatic N) is 1. The molecule has 4 nitrogen and oxygen atoms in total. The van der Waals surface area contributed by atoms with Gasteiger partial charge in [-0.15, -0.1) is 13.2 Å². The van der Waals surface area contributed by atoms with Crippen LogP contribution in [-0.2, 0) is 16.6 Å². The normalized spacial score (nSPS) is 11.5. The lowest BCUT2D eigenvalue weighted by Crippen LogP contribution is -2.32. The quantitative estimate of drug-likeness (QED) is 0.776. The van der Waals surface area contributed by atoms with Crippen LogP contribution in [0.25, 0.3) is 0 Å². The Morgan fingerprint density at radius 2 is 1.84 bits per heavy atom. The Morgan fingerprint density at radius 1 is 1.26 bits per heavy atom. The van der Waals surface area contributed by atoms with Crippen LogP contribution in [0, 0.1) is 6.92 Å². The second kappa shape index (κ2) is 6.65. The van der Waals surface area contributed by atoms with Gasteiger partial charge in [-0.1, -0.05) is 24.3 Å². The molecule has 0 bridgehead atoms. The highest BCUT2D eigenvalue weighted by molar-refractivity contribution is 7.89. The fourth-order valence-electron chi connectivity index (χ4n) is 1.81. The van der Waals surface area contributed by atoms with E-state index in [0.717, 1.165) is 0 Å². The van der Waals surface area contributed by atoms with Crippen molar-refractivity contribution < 1.29 is 13.5 Å². The largest absolute Gasteiger partial charge is 0.392 e. The van der Waals surface area contributed by atoms with Crippen LogP contribution in [-0.4, -0.2) is 30.9 Å². The summed E-state index contributed by atoms with van der Waals surface area (Å²) >= 11 is 0. The van der Waals surface area contributed by atoms with Crippen molar-refractivity contribution in [2.75, 3.05) is 13.1 Å². The number of benzene rings is 1. The highest BCUT2D eigenvalue weighted by Gasteiger charge is 2.24. The summed E-state index contributed by atoms with van der Waals surface area (Å²) < 4.78 is 26.4. The van der Waals surface area contributed by atoms with Gasteiger partial charge >= 0.3 is 0 Å². The van der Waals surface area contributed by atoms with Crippen LogP contribution in [0.15, 0.2) is 48.4 Å². The van der Waals surface area contributed by atoms with Crippen molar-refractivity contribution in [2.24, 2.45) is 0 Å². The topological polar surface area (TPSA) is 57.6 Å². The van der Waals surface area contributed by atoms with Crippen molar-refractivity contribution in [3.63, 3.8) is 0 Å². The van der Waals surface area contributed by atoms with Crippen molar-refractivity contribution in [1.29, 1.82) is 0 Å². The lowest BCUT2D eigenvalue weighted by atomic mass is 10.1. The van der Waals surface area contributed by atoms with Crippen LogP contribution in [0.2, 0.25) is 0 Å². The molecule has 0 atom stereocenters. The standard InChI is InChI=1S/C14H19NO3S/c1-4-9-15(10-5-2)19(17,18)14-8-6-7-13(11-16)12(14)3/h4-8,16H,1-2,9-11H2,3H3. The first-order valence-electron chi connectivity index (χ1n) is 5.90.